The van der Waals surface area contributed by atoms with Gasteiger partial charge in [-0.3, -0.25) is 9.35 Å². The molecule has 4 rings (SSSR count). The SMILES string of the molecule is Cc1ccc(S(=O)(=O)O)cc1.NC(Cc1ccc(OCc2ccccc2)cc1)C(=O)OCc1ccccc1. The molecule has 0 fully saturated rings. The third-order valence-corrected chi connectivity index (χ3v) is 6.34. The van der Waals surface area contributed by atoms with Crippen LogP contribution < -0.4 is 10.5 Å². The third-order valence-electron chi connectivity index (χ3n) is 5.47. The van der Waals surface area contributed by atoms with E-state index in [4.69, 9.17) is 19.8 Å². The fourth-order valence-electron chi connectivity index (χ4n) is 3.35. The first-order chi connectivity index (χ1) is 18.2. The van der Waals surface area contributed by atoms with E-state index in [9.17, 15) is 13.2 Å². The van der Waals surface area contributed by atoms with Gasteiger partial charge in [-0.2, -0.15) is 8.42 Å². The van der Waals surface area contributed by atoms with Gasteiger partial charge in [0.1, 0.15) is 25.0 Å². The van der Waals surface area contributed by atoms with Crippen LogP contribution in [0.2, 0.25) is 0 Å². The molecule has 1 atom stereocenters. The molecule has 0 spiro atoms. The van der Waals surface area contributed by atoms with Crippen LogP contribution in [0, 0.1) is 6.92 Å². The van der Waals surface area contributed by atoms with Crippen LogP contribution in [-0.2, 0) is 39.3 Å². The van der Waals surface area contributed by atoms with Crippen LogP contribution in [0.1, 0.15) is 22.3 Å². The molecule has 4 aromatic rings. The molecule has 0 aliphatic rings. The molecule has 1 unspecified atom stereocenters. The van der Waals surface area contributed by atoms with Crippen LogP contribution in [-0.4, -0.2) is 25.0 Å². The number of carbonyl (C=O) groups excluding carboxylic acids is 1. The van der Waals surface area contributed by atoms with Gasteiger partial charge in [0.05, 0.1) is 4.90 Å². The van der Waals surface area contributed by atoms with Crippen molar-refractivity contribution in [1.82, 2.24) is 0 Å². The van der Waals surface area contributed by atoms with Gasteiger partial charge in [0, 0.05) is 0 Å². The molecule has 4 aromatic carbocycles. The van der Waals surface area contributed by atoms with Gasteiger partial charge in [0.2, 0.25) is 0 Å². The minimum atomic E-state index is -4.02. The fourth-order valence-corrected chi connectivity index (χ4v) is 3.83. The molecule has 38 heavy (non-hydrogen) atoms. The summed E-state index contributed by atoms with van der Waals surface area (Å²) in [4.78, 5) is 12.0. The first kappa shape index (κ1) is 28.6. The topological polar surface area (TPSA) is 116 Å². The zero-order valence-electron chi connectivity index (χ0n) is 21.1. The molecule has 0 saturated heterocycles. The van der Waals surface area contributed by atoms with E-state index in [2.05, 4.69) is 0 Å². The van der Waals surface area contributed by atoms with E-state index in [1.807, 2.05) is 91.9 Å². The van der Waals surface area contributed by atoms with Crippen molar-refractivity contribution in [3.05, 3.63) is 131 Å². The highest BCUT2D eigenvalue weighted by Gasteiger charge is 2.16. The van der Waals surface area contributed by atoms with Gasteiger partial charge in [0.25, 0.3) is 10.1 Å². The molecule has 0 aliphatic carbocycles. The summed E-state index contributed by atoms with van der Waals surface area (Å²) in [5, 5.41) is 0. The molecule has 0 amide bonds. The first-order valence-corrected chi connectivity index (χ1v) is 13.4. The normalized spacial score (nSPS) is 11.6. The maximum atomic E-state index is 12.1. The summed E-state index contributed by atoms with van der Waals surface area (Å²) < 4.78 is 40.6. The molecular formula is C30H31NO6S. The number of ether oxygens (including phenoxy) is 2. The highest BCUT2D eigenvalue weighted by Crippen LogP contribution is 2.15. The van der Waals surface area contributed by atoms with Gasteiger partial charge in [-0.25, -0.2) is 0 Å². The lowest BCUT2D eigenvalue weighted by molar-refractivity contribution is -0.146. The van der Waals surface area contributed by atoms with E-state index in [-0.39, 0.29) is 11.5 Å². The van der Waals surface area contributed by atoms with Gasteiger partial charge >= 0.3 is 5.97 Å². The quantitative estimate of drug-likeness (QED) is 0.227. The highest BCUT2D eigenvalue weighted by atomic mass is 32.2. The van der Waals surface area contributed by atoms with Crippen molar-refractivity contribution in [2.24, 2.45) is 5.73 Å². The van der Waals surface area contributed by atoms with Crippen molar-refractivity contribution in [3.8, 4) is 5.75 Å². The Kier molecular flexibility index (Phi) is 10.6. The van der Waals surface area contributed by atoms with E-state index in [0.717, 1.165) is 28.0 Å². The fraction of sp³-hybridized carbons (Fsp3) is 0.167. The molecule has 0 heterocycles. The van der Waals surface area contributed by atoms with Gasteiger partial charge in [-0.05, 0) is 54.3 Å². The molecule has 8 heteroatoms. The van der Waals surface area contributed by atoms with Crippen LogP contribution >= 0.6 is 0 Å². The molecule has 0 aromatic heterocycles. The Morgan fingerprint density at radius 3 is 1.82 bits per heavy atom. The number of aryl methyl sites for hydroxylation is 1. The second-order valence-corrected chi connectivity index (χ2v) is 10.0. The van der Waals surface area contributed by atoms with Gasteiger partial charge in [0.15, 0.2) is 0 Å². The van der Waals surface area contributed by atoms with Crippen LogP contribution in [0.25, 0.3) is 0 Å². The average Bonchev–Trinajstić information content (AvgIpc) is 2.92. The number of hydrogen-bond acceptors (Lipinski definition) is 6. The van der Waals surface area contributed by atoms with Crippen molar-refractivity contribution >= 4 is 16.1 Å². The van der Waals surface area contributed by atoms with Crippen molar-refractivity contribution in [2.45, 2.75) is 37.5 Å². The Bertz CT molecular complexity index is 1370. The Balaban J connectivity index is 0.000000304. The van der Waals surface area contributed by atoms with E-state index in [1.165, 1.54) is 12.1 Å². The van der Waals surface area contributed by atoms with Gasteiger partial charge in [-0.15, -0.1) is 0 Å². The minimum absolute atomic E-state index is 0.0666. The lowest BCUT2D eigenvalue weighted by Crippen LogP contribution is -2.34. The monoisotopic (exact) mass is 533 g/mol. The molecule has 0 radical (unpaired) electrons. The average molecular weight is 534 g/mol. The van der Waals surface area contributed by atoms with E-state index in [1.54, 1.807) is 12.1 Å². The number of esters is 1. The maximum absolute atomic E-state index is 12.1. The van der Waals surface area contributed by atoms with E-state index in [0.29, 0.717) is 13.0 Å². The van der Waals surface area contributed by atoms with Gasteiger partial charge in [-0.1, -0.05) is 90.5 Å². The van der Waals surface area contributed by atoms with Crippen molar-refractivity contribution in [2.75, 3.05) is 0 Å². The molecule has 3 N–H and O–H groups in total. The Morgan fingerprint density at radius 2 is 1.29 bits per heavy atom. The zero-order chi connectivity index (χ0) is 27.4. The van der Waals surface area contributed by atoms with Crippen LogP contribution in [0.15, 0.2) is 114 Å². The zero-order valence-corrected chi connectivity index (χ0v) is 21.9. The van der Waals surface area contributed by atoms with E-state index >= 15 is 0 Å². The minimum Gasteiger partial charge on any atom is -0.489 e. The van der Waals surface area contributed by atoms with E-state index < -0.39 is 22.1 Å². The molecule has 0 saturated carbocycles. The molecule has 0 bridgehead atoms. The first-order valence-electron chi connectivity index (χ1n) is 12.0. The standard InChI is InChI=1S/C23H23NO3.C7H8O3S/c24-22(23(25)27-17-20-9-5-2-6-10-20)15-18-11-13-21(14-12-18)26-16-19-7-3-1-4-8-19;1-6-2-4-7(5-3-6)11(8,9)10/h1-14,22H,15-17,24H2;2-5H,1H3,(H,8,9,10). The lowest BCUT2D eigenvalue weighted by atomic mass is 10.1. The lowest BCUT2D eigenvalue weighted by Gasteiger charge is -2.12. The summed E-state index contributed by atoms with van der Waals surface area (Å²) in [6, 6.07) is 32.5. The summed E-state index contributed by atoms with van der Waals surface area (Å²) >= 11 is 0. The smallest absolute Gasteiger partial charge is 0.323 e. The van der Waals surface area contributed by atoms with Crippen molar-refractivity contribution in [3.63, 3.8) is 0 Å². The summed E-state index contributed by atoms with van der Waals surface area (Å²) in [7, 11) is -4.02. The number of benzene rings is 4. The van der Waals surface area contributed by atoms with Crippen LogP contribution in [0.4, 0.5) is 0 Å². The summed E-state index contributed by atoms with van der Waals surface area (Å²) in [6.45, 7) is 2.60. The number of nitrogens with two attached hydrogens (primary N) is 1. The van der Waals surface area contributed by atoms with Crippen molar-refractivity contribution < 1.29 is 27.2 Å². The Hall–Kier alpha value is -3.98. The third kappa shape index (κ3) is 9.82. The number of carbonyl (C=O) groups is 1. The number of hydrogen-bond donors (Lipinski definition) is 2. The predicted octanol–water partition coefficient (Wildman–Crippen LogP) is 5.12. The van der Waals surface area contributed by atoms with Crippen LogP contribution in [0.5, 0.6) is 5.75 Å². The molecule has 7 nitrogen and oxygen atoms in total. The molecule has 0 aliphatic heterocycles. The maximum Gasteiger partial charge on any atom is 0.323 e. The highest BCUT2D eigenvalue weighted by molar-refractivity contribution is 7.85. The Morgan fingerprint density at radius 1 is 0.763 bits per heavy atom. The molecule has 198 valence electrons. The van der Waals surface area contributed by atoms with Crippen LogP contribution in [0.3, 0.4) is 0 Å². The largest absolute Gasteiger partial charge is 0.489 e. The summed E-state index contributed by atoms with van der Waals surface area (Å²) in [6.07, 6.45) is 0.423. The Labute approximate surface area is 223 Å². The summed E-state index contributed by atoms with van der Waals surface area (Å²) in [5.41, 5.74) is 9.96. The van der Waals surface area contributed by atoms with Gasteiger partial charge < -0.3 is 15.2 Å². The van der Waals surface area contributed by atoms with Crippen molar-refractivity contribution in [1.29, 1.82) is 0 Å². The molecular weight excluding hydrogens is 502 g/mol. The summed E-state index contributed by atoms with van der Waals surface area (Å²) in [5.74, 6) is 0.381. The number of rotatable bonds is 9. The second-order valence-electron chi connectivity index (χ2n) is 8.61. The predicted molar refractivity (Wildman–Crippen MR) is 146 cm³/mol. The second kappa shape index (κ2) is 14.1.